The highest BCUT2D eigenvalue weighted by atomic mass is 16.3. The number of aliphatic hydroxyl groups is 1. The number of pyridine rings is 1. The molecule has 0 spiro atoms. The van der Waals surface area contributed by atoms with Crippen molar-refractivity contribution in [3.8, 4) is 0 Å². The van der Waals surface area contributed by atoms with Gasteiger partial charge in [-0.05, 0) is 77.4 Å². The minimum Gasteiger partial charge on any atom is -0.370 e. The lowest BCUT2D eigenvalue weighted by atomic mass is 9.86. The summed E-state index contributed by atoms with van der Waals surface area (Å²) in [4.78, 5) is 17.8. The number of carbonyl (C=O) groups is 1. The third kappa shape index (κ3) is 3.38. The van der Waals surface area contributed by atoms with Gasteiger partial charge >= 0.3 is 0 Å². The number of amides is 1. The van der Waals surface area contributed by atoms with Crippen LogP contribution in [0.4, 0.5) is 5.69 Å². The average molecular weight is 361 g/mol. The van der Waals surface area contributed by atoms with Crippen LogP contribution in [0.25, 0.3) is 5.57 Å². The van der Waals surface area contributed by atoms with Gasteiger partial charge in [0.1, 0.15) is 6.23 Å². The van der Waals surface area contributed by atoms with Gasteiger partial charge < -0.3 is 15.3 Å². The number of nitrogens with zero attached hydrogens (tertiary/aromatic N) is 2. The number of likely N-dealkylation sites (N-methyl/N-ethyl adjacent to an activating group) is 1. The highest BCUT2D eigenvalue weighted by Gasteiger charge is 2.23. The number of benzene rings is 1. The Morgan fingerprint density at radius 1 is 1.22 bits per heavy atom. The van der Waals surface area contributed by atoms with Crippen molar-refractivity contribution in [3.63, 3.8) is 0 Å². The lowest BCUT2D eigenvalue weighted by molar-refractivity contribution is -0.116. The number of rotatable bonds is 3. The predicted molar refractivity (Wildman–Crippen MR) is 106 cm³/mol. The molecule has 1 aromatic heterocycles. The molecular weight excluding hydrogens is 338 g/mol. The molecule has 5 heteroatoms. The van der Waals surface area contributed by atoms with Crippen molar-refractivity contribution >= 4 is 17.2 Å². The van der Waals surface area contributed by atoms with Crippen LogP contribution in [0.5, 0.6) is 0 Å². The number of fused-ring (bicyclic) bond motifs is 1. The summed E-state index contributed by atoms with van der Waals surface area (Å²) in [5, 5.41) is 13.2. The van der Waals surface area contributed by atoms with Gasteiger partial charge in [0.2, 0.25) is 5.91 Å². The number of hydrogen-bond acceptors (Lipinski definition) is 4. The molecule has 2 aromatic rings. The van der Waals surface area contributed by atoms with E-state index in [0.717, 1.165) is 35.2 Å². The maximum atomic E-state index is 11.8. The van der Waals surface area contributed by atoms with Gasteiger partial charge in [0, 0.05) is 37.7 Å². The van der Waals surface area contributed by atoms with E-state index in [9.17, 15) is 9.90 Å². The fourth-order valence-corrected chi connectivity index (χ4v) is 3.84. The van der Waals surface area contributed by atoms with Gasteiger partial charge in [0.15, 0.2) is 0 Å². The van der Waals surface area contributed by atoms with E-state index in [-0.39, 0.29) is 5.91 Å². The molecule has 2 aliphatic heterocycles. The van der Waals surface area contributed by atoms with Crippen molar-refractivity contribution in [1.29, 1.82) is 0 Å². The van der Waals surface area contributed by atoms with Crippen LogP contribution in [-0.4, -0.2) is 34.2 Å². The molecule has 3 heterocycles. The minimum atomic E-state index is -0.589. The summed E-state index contributed by atoms with van der Waals surface area (Å²) in [7, 11) is 1.88. The number of aliphatic hydroxyl groups excluding tert-OH is 1. The summed E-state index contributed by atoms with van der Waals surface area (Å²) in [5.74, 6) is 0.0700. The largest absolute Gasteiger partial charge is 0.370 e. The van der Waals surface area contributed by atoms with Crippen LogP contribution in [0, 0.1) is 0 Å². The summed E-state index contributed by atoms with van der Waals surface area (Å²) < 4.78 is 0. The highest BCUT2D eigenvalue weighted by molar-refractivity contribution is 5.95. The van der Waals surface area contributed by atoms with Crippen LogP contribution in [0.2, 0.25) is 0 Å². The van der Waals surface area contributed by atoms with Crippen LogP contribution in [0.3, 0.4) is 0 Å². The molecule has 0 saturated heterocycles. The number of aromatic nitrogens is 1. The van der Waals surface area contributed by atoms with Crippen molar-refractivity contribution in [2.45, 2.75) is 32.4 Å². The second kappa shape index (κ2) is 7.00. The molecule has 2 N–H and O–H groups in total. The fraction of sp³-hybridized carbons (Fsp3) is 0.273. The first-order valence-corrected chi connectivity index (χ1v) is 9.17. The van der Waals surface area contributed by atoms with E-state index in [4.69, 9.17) is 0 Å². The van der Waals surface area contributed by atoms with E-state index in [0.29, 0.717) is 6.42 Å². The van der Waals surface area contributed by atoms with Gasteiger partial charge in [-0.25, -0.2) is 0 Å². The van der Waals surface area contributed by atoms with Gasteiger partial charge in [0.25, 0.3) is 0 Å². The zero-order chi connectivity index (χ0) is 19.0. The number of carbonyl (C=O) groups excluding carboxylic acids is 1. The maximum Gasteiger partial charge on any atom is 0.224 e. The van der Waals surface area contributed by atoms with Crippen LogP contribution >= 0.6 is 0 Å². The Labute approximate surface area is 159 Å². The van der Waals surface area contributed by atoms with E-state index in [2.05, 4.69) is 16.4 Å². The van der Waals surface area contributed by atoms with E-state index in [1.54, 1.807) is 12.4 Å². The quantitative estimate of drug-likeness (QED) is 0.882. The zero-order valence-corrected chi connectivity index (χ0v) is 15.6. The molecule has 138 valence electrons. The molecule has 27 heavy (non-hydrogen) atoms. The molecule has 0 bridgehead atoms. The summed E-state index contributed by atoms with van der Waals surface area (Å²) in [5.41, 5.74) is 7.63. The smallest absolute Gasteiger partial charge is 0.224 e. The monoisotopic (exact) mass is 361 g/mol. The van der Waals surface area contributed by atoms with E-state index in [1.165, 1.54) is 16.7 Å². The summed E-state index contributed by atoms with van der Waals surface area (Å²) in [6, 6.07) is 8.11. The zero-order valence-electron chi connectivity index (χ0n) is 15.6. The Morgan fingerprint density at radius 2 is 2.00 bits per heavy atom. The van der Waals surface area contributed by atoms with Crippen LogP contribution < -0.4 is 5.32 Å². The van der Waals surface area contributed by atoms with Gasteiger partial charge in [0.05, 0.1) is 0 Å². The second-order valence-corrected chi connectivity index (χ2v) is 7.21. The first kappa shape index (κ1) is 17.5. The molecule has 5 nitrogen and oxygen atoms in total. The molecule has 1 amide bonds. The van der Waals surface area contributed by atoms with E-state index >= 15 is 0 Å². The Morgan fingerprint density at radius 3 is 2.74 bits per heavy atom. The van der Waals surface area contributed by atoms with Crippen molar-refractivity contribution in [2.75, 3.05) is 12.4 Å². The van der Waals surface area contributed by atoms with E-state index in [1.807, 2.05) is 49.3 Å². The normalized spacial score (nSPS) is 19.1. The third-order valence-corrected chi connectivity index (χ3v) is 5.27. The van der Waals surface area contributed by atoms with E-state index < -0.39 is 6.23 Å². The number of anilines is 1. The van der Waals surface area contributed by atoms with Crippen molar-refractivity contribution in [3.05, 3.63) is 76.8 Å². The molecule has 4 rings (SSSR count). The van der Waals surface area contributed by atoms with Gasteiger partial charge in [-0.15, -0.1) is 0 Å². The van der Waals surface area contributed by atoms with Gasteiger partial charge in [-0.2, -0.15) is 0 Å². The highest BCUT2D eigenvalue weighted by Crippen LogP contribution is 2.35. The average Bonchev–Trinajstić information content (AvgIpc) is 2.66. The van der Waals surface area contributed by atoms with Gasteiger partial charge in [-0.3, -0.25) is 9.78 Å². The van der Waals surface area contributed by atoms with Gasteiger partial charge in [-0.1, -0.05) is 6.07 Å². The lowest BCUT2D eigenvalue weighted by Crippen LogP contribution is -2.30. The number of hydrogen-bond donors (Lipinski definition) is 2. The van der Waals surface area contributed by atoms with Crippen molar-refractivity contribution in [1.82, 2.24) is 9.88 Å². The summed E-state index contributed by atoms with van der Waals surface area (Å²) >= 11 is 0. The molecule has 0 saturated carbocycles. The van der Waals surface area contributed by atoms with Crippen LogP contribution in [0.1, 0.15) is 35.6 Å². The number of allylic oxidation sites excluding steroid dienone is 2. The minimum absolute atomic E-state index is 0.0700. The predicted octanol–water partition coefficient (Wildman–Crippen LogP) is 3.11. The molecule has 1 atom stereocenters. The topological polar surface area (TPSA) is 65.5 Å². The van der Waals surface area contributed by atoms with Crippen LogP contribution in [0.15, 0.2) is 54.5 Å². The second-order valence-electron chi connectivity index (χ2n) is 7.21. The maximum absolute atomic E-state index is 11.8. The third-order valence-electron chi connectivity index (χ3n) is 5.27. The van der Waals surface area contributed by atoms with Crippen LogP contribution in [-0.2, 0) is 17.6 Å². The Hall–Kier alpha value is -2.92. The molecule has 2 aliphatic rings. The summed E-state index contributed by atoms with van der Waals surface area (Å²) in [6.45, 7) is 1.94. The first-order valence-electron chi connectivity index (χ1n) is 9.17. The Balaban J connectivity index is 1.84. The molecule has 0 radical (unpaired) electrons. The summed E-state index contributed by atoms with van der Waals surface area (Å²) in [6.07, 6.45) is 9.07. The molecule has 1 unspecified atom stereocenters. The molecule has 0 aliphatic carbocycles. The number of nitrogens with one attached hydrogen (secondary N) is 1. The molecule has 1 aromatic carbocycles. The Kier molecular flexibility index (Phi) is 4.54. The molecular formula is C22H23N3O2. The lowest BCUT2D eigenvalue weighted by Gasteiger charge is -2.29. The first-order chi connectivity index (χ1) is 13.0. The molecule has 0 fully saturated rings. The SMILES string of the molecule is CC1=CC(c2ccc3c(c2Cc2ccncc2)CCC(=O)N3)=CN(C)C1O. The fourth-order valence-electron chi connectivity index (χ4n) is 3.84. The standard InChI is InChI=1S/C22H23N3O2/c1-14-11-16(13-25(2)22(14)27)17-3-5-20-18(4-6-21(26)24-20)19(17)12-15-7-9-23-10-8-15/h3,5,7-11,13,22,27H,4,6,12H2,1-2H3,(H,24,26). The van der Waals surface area contributed by atoms with Crippen molar-refractivity contribution < 1.29 is 9.90 Å². The van der Waals surface area contributed by atoms with Crippen molar-refractivity contribution in [2.24, 2.45) is 0 Å². The Bertz CT molecular complexity index is 948.